The van der Waals surface area contributed by atoms with Crippen molar-refractivity contribution in [2.24, 2.45) is 0 Å². The van der Waals surface area contributed by atoms with Crippen LogP contribution in [0.5, 0.6) is 0 Å². The summed E-state index contributed by atoms with van der Waals surface area (Å²) in [7, 11) is -3.85. The van der Waals surface area contributed by atoms with Gasteiger partial charge in [-0.2, -0.15) is 4.72 Å². The minimum Gasteiger partial charge on any atom is -0.366 e. The number of sulfonamides is 1. The lowest BCUT2D eigenvalue weighted by Gasteiger charge is -2.10. The van der Waals surface area contributed by atoms with Gasteiger partial charge in [0.2, 0.25) is 15.5 Å². The first-order chi connectivity index (χ1) is 7.51. The van der Waals surface area contributed by atoms with Crippen LogP contribution in [0.3, 0.4) is 0 Å². The van der Waals surface area contributed by atoms with Crippen LogP contribution in [-0.4, -0.2) is 19.4 Å². The predicted octanol–water partition coefficient (Wildman–Crippen LogP) is 0.0650. The van der Waals surface area contributed by atoms with E-state index in [2.05, 4.69) is 15.6 Å². The van der Waals surface area contributed by atoms with Crippen molar-refractivity contribution in [2.75, 3.05) is 0 Å². The topological polar surface area (TPSA) is 79.0 Å². The Labute approximate surface area is 93.9 Å². The zero-order valence-corrected chi connectivity index (χ0v) is 9.54. The average Bonchev–Trinajstić information content (AvgIpc) is 2.26. The van der Waals surface area contributed by atoms with Gasteiger partial charge in [0.1, 0.15) is 4.90 Å². The molecule has 0 saturated carbocycles. The molecule has 2 N–H and O–H groups in total. The molecule has 0 aliphatic rings. The fourth-order valence-corrected chi connectivity index (χ4v) is 2.39. The van der Waals surface area contributed by atoms with Crippen molar-refractivity contribution in [3.8, 4) is 12.3 Å². The number of H-pyrrole nitrogens is 1. The summed E-state index contributed by atoms with van der Waals surface area (Å²) in [6.07, 6.45) is 8.10. The van der Waals surface area contributed by atoms with Gasteiger partial charge in [-0.3, -0.25) is 4.79 Å². The Balaban J connectivity index is 3.10. The Morgan fingerprint density at radius 2 is 2.31 bits per heavy atom. The molecule has 86 valence electrons. The summed E-state index contributed by atoms with van der Waals surface area (Å²) >= 11 is 0. The maximum Gasteiger partial charge on any atom is 0.247 e. The highest BCUT2D eigenvalue weighted by Crippen LogP contribution is 2.02. The summed E-state index contributed by atoms with van der Waals surface area (Å²) in [6.45, 7) is 1.75. The maximum absolute atomic E-state index is 11.8. The summed E-state index contributed by atoms with van der Waals surface area (Å²) in [5, 5.41) is 0. The van der Waals surface area contributed by atoms with E-state index in [1.165, 1.54) is 6.20 Å². The maximum atomic E-state index is 11.8. The number of aromatic nitrogens is 1. The minimum atomic E-state index is -3.85. The number of nitrogens with one attached hydrogen (secondary N) is 2. The van der Waals surface area contributed by atoms with E-state index in [9.17, 15) is 13.2 Å². The molecule has 1 rings (SSSR count). The Morgan fingerprint density at radius 3 is 2.81 bits per heavy atom. The number of hydrogen-bond acceptors (Lipinski definition) is 3. The van der Waals surface area contributed by atoms with E-state index in [0.717, 1.165) is 12.3 Å². The van der Waals surface area contributed by atoms with E-state index in [0.29, 0.717) is 6.42 Å². The summed E-state index contributed by atoms with van der Waals surface area (Å²) in [6, 6.07) is 0.537. The standard InChI is InChI=1S/C10H12N2O3S/c1-3-8(4-2)12-16(14,15)10-7-11-6-5-9(10)13/h1,5-8,12H,4H2,2H3,(H,11,13). The van der Waals surface area contributed by atoms with Crippen LogP contribution >= 0.6 is 0 Å². The van der Waals surface area contributed by atoms with Gasteiger partial charge in [0.15, 0.2) is 0 Å². The van der Waals surface area contributed by atoms with Crippen molar-refractivity contribution in [2.45, 2.75) is 24.3 Å². The Bertz CT molecular complexity index is 554. The van der Waals surface area contributed by atoms with Gasteiger partial charge in [0, 0.05) is 18.5 Å². The molecular formula is C10H12N2O3S. The second kappa shape index (κ2) is 4.96. The fraction of sp³-hybridized carbons (Fsp3) is 0.300. The van der Waals surface area contributed by atoms with Gasteiger partial charge in [0.05, 0.1) is 6.04 Å². The second-order valence-corrected chi connectivity index (χ2v) is 4.80. The van der Waals surface area contributed by atoms with E-state index >= 15 is 0 Å². The van der Waals surface area contributed by atoms with Crippen molar-refractivity contribution in [1.82, 2.24) is 9.71 Å². The van der Waals surface area contributed by atoms with E-state index in [4.69, 9.17) is 6.42 Å². The lowest BCUT2D eigenvalue weighted by Crippen LogP contribution is -2.35. The third kappa shape index (κ3) is 2.72. The van der Waals surface area contributed by atoms with Crippen LogP contribution in [0.4, 0.5) is 0 Å². The Hall–Kier alpha value is -1.58. The first-order valence-electron chi connectivity index (χ1n) is 4.67. The highest BCUT2D eigenvalue weighted by molar-refractivity contribution is 7.89. The van der Waals surface area contributed by atoms with Crippen LogP contribution in [0.2, 0.25) is 0 Å². The zero-order chi connectivity index (χ0) is 12.2. The normalized spacial score (nSPS) is 13.0. The molecule has 1 unspecified atom stereocenters. The molecule has 0 bridgehead atoms. The lowest BCUT2D eigenvalue weighted by molar-refractivity contribution is 0.569. The van der Waals surface area contributed by atoms with Crippen molar-refractivity contribution >= 4 is 10.0 Å². The molecule has 1 atom stereocenters. The average molecular weight is 240 g/mol. The molecule has 0 spiro atoms. The number of aromatic amines is 1. The van der Waals surface area contributed by atoms with Crippen LogP contribution in [0.25, 0.3) is 0 Å². The molecule has 1 aromatic heterocycles. The van der Waals surface area contributed by atoms with E-state index in [1.54, 1.807) is 6.92 Å². The van der Waals surface area contributed by atoms with Crippen LogP contribution in [0.15, 0.2) is 28.2 Å². The Morgan fingerprint density at radius 1 is 1.62 bits per heavy atom. The third-order valence-corrected chi connectivity index (χ3v) is 3.48. The molecule has 0 saturated heterocycles. The van der Waals surface area contributed by atoms with Crippen LogP contribution in [-0.2, 0) is 10.0 Å². The first kappa shape index (κ1) is 12.5. The quantitative estimate of drug-likeness (QED) is 0.731. The largest absolute Gasteiger partial charge is 0.366 e. The van der Waals surface area contributed by atoms with Crippen LogP contribution in [0.1, 0.15) is 13.3 Å². The zero-order valence-electron chi connectivity index (χ0n) is 8.73. The van der Waals surface area contributed by atoms with Gasteiger partial charge in [-0.1, -0.05) is 12.8 Å². The molecule has 0 fully saturated rings. The highest BCUT2D eigenvalue weighted by atomic mass is 32.2. The van der Waals surface area contributed by atoms with Crippen molar-refractivity contribution in [3.63, 3.8) is 0 Å². The van der Waals surface area contributed by atoms with Gasteiger partial charge in [-0.25, -0.2) is 8.42 Å². The molecule has 0 aromatic carbocycles. The van der Waals surface area contributed by atoms with Crippen molar-refractivity contribution in [1.29, 1.82) is 0 Å². The molecule has 1 aromatic rings. The summed E-state index contributed by atoms with van der Waals surface area (Å²) in [5.74, 6) is 2.29. The van der Waals surface area contributed by atoms with Crippen molar-refractivity contribution in [3.05, 3.63) is 28.7 Å². The second-order valence-electron chi connectivity index (χ2n) is 3.12. The van der Waals surface area contributed by atoms with Gasteiger partial charge in [0.25, 0.3) is 0 Å². The first-order valence-corrected chi connectivity index (χ1v) is 6.15. The fourth-order valence-electron chi connectivity index (χ4n) is 1.10. The minimum absolute atomic E-state index is 0.330. The Kier molecular flexibility index (Phi) is 3.88. The molecule has 5 nitrogen and oxygen atoms in total. The van der Waals surface area contributed by atoms with E-state index in [1.807, 2.05) is 0 Å². The monoisotopic (exact) mass is 240 g/mol. The van der Waals surface area contributed by atoms with Gasteiger partial charge in [-0.15, -0.1) is 6.42 Å². The highest BCUT2D eigenvalue weighted by Gasteiger charge is 2.20. The number of pyridine rings is 1. The van der Waals surface area contributed by atoms with Crippen LogP contribution in [0, 0.1) is 12.3 Å². The van der Waals surface area contributed by atoms with Gasteiger partial charge < -0.3 is 4.98 Å². The molecule has 0 amide bonds. The number of terminal acetylenes is 1. The van der Waals surface area contributed by atoms with E-state index < -0.39 is 21.5 Å². The summed E-state index contributed by atoms with van der Waals surface area (Å²) < 4.78 is 25.8. The molecule has 16 heavy (non-hydrogen) atoms. The smallest absolute Gasteiger partial charge is 0.247 e. The van der Waals surface area contributed by atoms with Crippen LogP contribution < -0.4 is 10.2 Å². The number of hydrogen-bond donors (Lipinski definition) is 2. The number of rotatable bonds is 4. The van der Waals surface area contributed by atoms with Gasteiger partial charge in [-0.05, 0) is 6.42 Å². The molecule has 6 heteroatoms. The molecule has 0 aliphatic carbocycles. The molecule has 1 heterocycles. The third-order valence-electron chi connectivity index (χ3n) is 1.98. The predicted molar refractivity (Wildman–Crippen MR) is 60.3 cm³/mol. The van der Waals surface area contributed by atoms with E-state index in [-0.39, 0.29) is 4.90 Å². The summed E-state index contributed by atoms with van der Waals surface area (Å²) in [4.78, 5) is 13.5. The SMILES string of the molecule is C#CC(CC)NS(=O)(=O)c1c[nH]ccc1=O. The molecule has 0 radical (unpaired) electrons. The molecular weight excluding hydrogens is 228 g/mol. The van der Waals surface area contributed by atoms with Crippen molar-refractivity contribution < 1.29 is 8.42 Å². The molecule has 0 aliphatic heterocycles. The summed E-state index contributed by atoms with van der Waals surface area (Å²) in [5.41, 5.74) is -0.571. The van der Waals surface area contributed by atoms with Gasteiger partial charge >= 0.3 is 0 Å². The lowest BCUT2D eigenvalue weighted by atomic mass is 10.3.